The molecule has 132 valence electrons. The Morgan fingerprint density at radius 2 is 1.77 bits per heavy atom. The highest BCUT2D eigenvalue weighted by Crippen LogP contribution is 2.24. The van der Waals surface area contributed by atoms with E-state index in [4.69, 9.17) is 0 Å². The first kappa shape index (κ1) is 17.5. The average molecular weight is 347 g/mol. The molecular weight excluding hydrogens is 326 g/mol. The van der Waals surface area contributed by atoms with Crippen LogP contribution in [0.15, 0.2) is 66.9 Å². The number of carbonyl (C=O) groups excluding carboxylic acids is 1. The van der Waals surface area contributed by atoms with Crippen molar-refractivity contribution in [2.75, 3.05) is 10.6 Å². The van der Waals surface area contributed by atoms with Crippen LogP contribution in [0.5, 0.6) is 5.75 Å². The van der Waals surface area contributed by atoms with E-state index >= 15 is 0 Å². The molecule has 1 aromatic heterocycles. The summed E-state index contributed by atoms with van der Waals surface area (Å²) in [5.74, 6) is 0.690. The minimum absolute atomic E-state index is 0.0627. The molecule has 0 spiro atoms. The summed E-state index contributed by atoms with van der Waals surface area (Å²) in [7, 11) is 0. The van der Waals surface area contributed by atoms with Gasteiger partial charge in [-0.05, 0) is 55.3 Å². The summed E-state index contributed by atoms with van der Waals surface area (Å²) in [5, 5.41) is 15.4. The van der Waals surface area contributed by atoms with Crippen LogP contribution in [0.3, 0.4) is 0 Å². The predicted molar refractivity (Wildman–Crippen MR) is 104 cm³/mol. The van der Waals surface area contributed by atoms with Crippen LogP contribution in [0.4, 0.5) is 17.2 Å². The van der Waals surface area contributed by atoms with Gasteiger partial charge in [0.2, 0.25) is 5.91 Å². The Kier molecular flexibility index (Phi) is 5.49. The molecular formula is C21H21N3O2. The van der Waals surface area contributed by atoms with Gasteiger partial charge in [0.15, 0.2) is 5.82 Å². The largest absolute Gasteiger partial charge is 0.508 e. The number of carbonyl (C=O) groups is 1. The summed E-state index contributed by atoms with van der Waals surface area (Å²) in [6.45, 7) is 2.04. The molecule has 3 N–H and O–H groups in total. The Balaban J connectivity index is 1.62. The number of pyridine rings is 1. The molecule has 3 rings (SSSR count). The Hall–Kier alpha value is -3.34. The number of amides is 1. The van der Waals surface area contributed by atoms with Crippen molar-refractivity contribution in [3.05, 3.63) is 78.0 Å². The monoisotopic (exact) mass is 347 g/mol. The van der Waals surface area contributed by atoms with Crippen LogP contribution in [-0.4, -0.2) is 16.0 Å². The fourth-order valence-electron chi connectivity index (χ4n) is 2.51. The van der Waals surface area contributed by atoms with Crippen LogP contribution in [0.1, 0.15) is 17.5 Å². The van der Waals surface area contributed by atoms with Gasteiger partial charge in [-0.3, -0.25) is 4.79 Å². The lowest BCUT2D eigenvalue weighted by molar-refractivity contribution is -0.116. The number of benzene rings is 2. The number of aromatic nitrogens is 1. The van der Waals surface area contributed by atoms with E-state index in [1.165, 1.54) is 5.56 Å². The number of rotatable bonds is 6. The topological polar surface area (TPSA) is 74.2 Å². The number of aromatic hydroxyl groups is 1. The number of nitrogens with zero attached hydrogens (tertiary/aromatic N) is 1. The highest BCUT2D eigenvalue weighted by molar-refractivity contribution is 5.94. The zero-order chi connectivity index (χ0) is 18.4. The third-order valence-corrected chi connectivity index (χ3v) is 3.97. The molecule has 0 fully saturated rings. The van der Waals surface area contributed by atoms with E-state index in [9.17, 15) is 9.90 Å². The molecule has 1 heterocycles. The molecule has 0 radical (unpaired) electrons. The molecule has 0 saturated heterocycles. The zero-order valence-corrected chi connectivity index (χ0v) is 14.6. The maximum Gasteiger partial charge on any atom is 0.224 e. The number of phenols is 1. The van der Waals surface area contributed by atoms with E-state index in [0.717, 1.165) is 11.3 Å². The molecule has 2 aromatic carbocycles. The van der Waals surface area contributed by atoms with Crippen LogP contribution in [-0.2, 0) is 11.2 Å². The second kappa shape index (κ2) is 8.16. The van der Waals surface area contributed by atoms with Gasteiger partial charge in [0, 0.05) is 18.3 Å². The van der Waals surface area contributed by atoms with Crippen molar-refractivity contribution in [1.82, 2.24) is 4.98 Å². The normalized spacial score (nSPS) is 10.3. The van der Waals surface area contributed by atoms with E-state index in [-0.39, 0.29) is 11.7 Å². The lowest BCUT2D eigenvalue weighted by Crippen LogP contribution is -2.14. The van der Waals surface area contributed by atoms with Gasteiger partial charge in [-0.25, -0.2) is 4.98 Å². The van der Waals surface area contributed by atoms with Crippen LogP contribution >= 0.6 is 0 Å². The molecule has 5 heteroatoms. The maximum atomic E-state index is 12.3. The van der Waals surface area contributed by atoms with E-state index < -0.39 is 0 Å². The lowest BCUT2D eigenvalue weighted by atomic mass is 10.1. The van der Waals surface area contributed by atoms with Crippen molar-refractivity contribution in [2.24, 2.45) is 0 Å². The van der Waals surface area contributed by atoms with Gasteiger partial charge in [0.25, 0.3) is 0 Å². The second-order valence-electron chi connectivity index (χ2n) is 6.11. The van der Waals surface area contributed by atoms with E-state index in [1.807, 2.05) is 31.2 Å². The molecule has 0 atom stereocenters. The number of anilines is 3. The first-order chi connectivity index (χ1) is 12.6. The van der Waals surface area contributed by atoms with Crippen LogP contribution < -0.4 is 10.6 Å². The highest BCUT2D eigenvalue weighted by Gasteiger charge is 2.08. The number of phenolic OH excluding ortho intramolecular Hbond substituents is 1. The van der Waals surface area contributed by atoms with E-state index in [0.29, 0.717) is 24.3 Å². The van der Waals surface area contributed by atoms with Gasteiger partial charge in [0.05, 0.1) is 5.69 Å². The van der Waals surface area contributed by atoms with Gasteiger partial charge in [-0.2, -0.15) is 0 Å². The molecule has 26 heavy (non-hydrogen) atoms. The molecule has 0 unspecified atom stereocenters. The van der Waals surface area contributed by atoms with Crippen molar-refractivity contribution >= 4 is 23.1 Å². The number of hydrogen-bond acceptors (Lipinski definition) is 4. The average Bonchev–Trinajstić information content (AvgIpc) is 2.65. The predicted octanol–water partition coefficient (Wildman–Crippen LogP) is 4.41. The van der Waals surface area contributed by atoms with Gasteiger partial charge in [0.1, 0.15) is 5.75 Å². The fourth-order valence-corrected chi connectivity index (χ4v) is 2.51. The molecule has 0 aliphatic carbocycles. The van der Waals surface area contributed by atoms with E-state index in [2.05, 4.69) is 15.6 Å². The zero-order valence-electron chi connectivity index (χ0n) is 14.6. The van der Waals surface area contributed by atoms with Crippen molar-refractivity contribution < 1.29 is 9.90 Å². The summed E-state index contributed by atoms with van der Waals surface area (Å²) in [5.41, 5.74) is 3.74. The third kappa shape index (κ3) is 4.83. The maximum absolute atomic E-state index is 12.3. The lowest BCUT2D eigenvalue weighted by Gasteiger charge is -2.12. The van der Waals surface area contributed by atoms with Crippen LogP contribution in [0, 0.1) is 6.92 Å². The minimum atomic E-state index is -0.0627. The van der Waals surface area contributed by atoms with Crippen molar-refractivity contribution in [3.63, 3.8) is 0 Å². The molecule has 3 aromatic rings. The summed E-state index contributed by atoms with van der Waals surface area (Å²) in [4.78, 5) is 16.6. The molecule has 1 amide bonds. The first-order valence-electron chi connectivity index (χ1n) is 8.46. The SMILES string of the molecule is Cc1ccc(CCC(=O)Nc2cccnc2Nc2ccc(O)cc2)cc1. The fraction of sp³-hybridized carbons (Fsp3) is 0.143. The van der Waals surface area contributed by atoms with E-state index in [1.54, 1.807) is 42.6 Å². The summed E-state index contributed by atoms with van der Waals surface area (Å²) in [6.07, 6.45) is 2.74. The number of nitrogens with one attached hydrogen (secondary N) is 2. The minimum Gasteiger partial charge on any atom is -0.508 e. The summed E-state index contributed by atoms with van der Waals surface area (Å²) < 4.78 is 0. The highest BCUT2D eigenvalue weighted by atomic mass is 16.3. The second-order valence-corrected chi connectivity index (χ2v) is 6.11. The summed E-state index contributed by atoms with van der Waals surface area (Å²) in [6, 6.07) is 18.4. The first-order valence-corrected chi connectivity index (χ1v) is 8.46. The van der Waals surface area contributed by atoms with Crippen LogP contribution in [0.25, 0.3) is 0 Å². The van der Waals surface area contributed by atoms with Gasteiger partial charge < -0.3 is 15.7 Å². The standard InChI is InChI=1S/C21H21N3O2/c1-15-4-6-16(7-5-15)8-13-20(26)24-19-3-2-14-22-21(19)23-17-9-11-18(25)12-10-17/h2-7,9-12,14,25H,8,13H2,1H3,(H,22,23)(H,24,26). The van der Waals surface area contributed by atoms with Crippen LogP contribution in [0.2, 0.25) is 0 Å². The smallest absolute Gasteiger partial charge is 0.224 e. The molecule has 0 bridgehead atoms. The molecule has 5 nitrogen and oxygen atoms in total. The van der Waals surface area contributed by atoms with Crippen molar-refractivity contribution in [1.29, 1.82) is 0 Å². The Labute approximate surface area is 152 Å². The molecule has 0 aliphatic heterocycles. The quantitative estimate of drug-likeness (QED) is 0.577. The van der Waals surface area contributed by atoms with Crippen molar-refractivity contribution in [2.45, 2.75) is 19.8 Å². The van der Waals surface area contributed by atoms with Gasteiger partial charge in [-0.15, -0.1) is 0 Å². The molecule has 0 saturated carbocycles. The van der Waals surface area contributed by atoms with Gasteiger partial charge >= 0.3 is 0 Å². The third-order valence-electron chi connectivity index (χ3n) is 3.97. The Morgan fingerprint density at radius 1 is 1.04 bits per heavy atom. The Bertz CT molecular complexity index is 875. The summed E-state index contributed by atoms with van der Waals surface area (Å²) >= 11 is 0. The Morgan fingerprint density at radius 3 is 2.50 bits per heavy atom. The number of aryl methyl sites for hydroxylation is 2. The van der Waals surface area contributed by atoms with Crippen molar-refractivity contribution in [3.8, 4) is 5.75 Å². The van der Waals surface area contributed by atoms with Gasteiger partial charge in [-0.1, -0.05) is 29.8 Å². The molecule has 0 aliphatic rings. The number of hydrogen-bond donors (Lipinski definition) is 3.